The molecule has 0 saturated heterocycles. The third kappa shape index (κ3) is 5.48. The number of hydrogen-bond donors (Lipinski definition) is 2. The van der Waals surface area contributed by atoms with E-state index in [0.29, 0.717) is 12.3 Å². The average molecular weight is 290 g/mol. The van der Waals surface area contributed by atoms with Crippen molar-refractivity contribution < 1.29 is 22.7 Å². The average Bonchev–Trinajstić information content (AvgIpc) is 2.41. The highest BCUT2D eigenvalue weighted by Gasteiger charge is 2.28. The first-order valence-electron chi connectivity index (χ1n) is 6.03. The summed E-state index contributed by atoms with van der Waals surface area (Å²) in [5.74, 6) is -0.0416. The van der Waals surface area contributed by atoms with Crippen molar-refractivity contribution in [3.8, 4) is 5.75 Å². The van der Waals surface area contributed by atoms with E-state index in [1.54, 1.807) is 6.07 Å². The van der Waals surface area contributed by atoms with Gasteiger partial charge in [-0.25, -0.2) is 0 Å². The minimum atomic E-state index is -4.40. The lowest BCUT2D eigenvalue weighted by Gasteiger charge is -2.16. The van der Waals surface area contributed by atoms with Crippen LogP contribution in [0.15, 0.2) is 24.3 Å². The maximum Gasteiger partial charge on any atom is 0.405 e. The quantitative estimate of drug-likeness (QED) is 0.840. The molecule has 1 atom stereocenters. The number of ether oxygens (including phenoxy) is 1. The predicted octanol–water partition coefficient (Wildman–Crippen LogP) is 1.85. The van der Waals surface area contributed by atoms with E-state index in [2.05, 4.69) is 5.32 Å². The third-order valence-electron chi connectivity index (χ3n) is 2.65. The molecule has 20 heavy (non-hydrogen) atoms. The van der Waals surface area contributed by atoms with Crippen LogP contribution in [0.4, 0.5) is 13.2 Å². The topological polar surface area (TPSA) is 50.4 Å². The van der Waals surface area contributed by atoms with E-state index in [1.165, 1.54) is 14.0 Å². The smallest absolute Gasteiger partial charge is 0.405 e. The number of carbonyl (C=O) groups is 1. The molecule has 0 aromatic heterocycles. The molecule has 0 fully saturated rings. The summed E-state index contributed by atoms with van der Waals surface area (Å²) in [6.07, 6.45) is -4.40. The number of methoxy groups -OCH3 is 1. The van der Waals surface area contributed by atoms with Crippen molar-refractivity contribution in [1.82, 2.24) is 10.6 Å². The van der Waals surface area contributed by atoms with Gasteiger partial charge in [-0.2, -0.15) is 13.2 Å². The Balaban J connectivity index is 2.46. The van der Waals surface area contributed by atoms with Gasteiger partial charge >= 0.3 is 6.18 Å². The van der Waals surface area contributed by atoms with Gasteiger partial charge in [0.1, 0.15) is 12.3 Å². The van der Waals surface area contributed by atoms with Crippen molar-refractivity contribution >= 4 is 5.91 Å². The zero-order valence-corrected chi connectivity index (χ0v) is 11.3. The van der Waals surface area contributed by atoms with Crippen molar-refractivity contribution in [3.63, 3.8) is 0 Å². The molecule has 7 heteroatoms. The molecular formula is C13H17F3N2O2. The van der Waals surface area contributed by atoms with E-state index >= 15 is 0 Å². The molecule has 1 aromatic rings. The molecule has 1 unspecified atom stereocenters. The normalized spacial score (nSPS) is 12.8. The molecule has 0 heterocycles. The Hall–Kier alpha value is -1.76. The summed E-state index contributed by atoms with van der Waals surface area (Å²) in [4.78, 5) is 11.5. The monoisotopic (exact) mass is 290 g/mol. The third-order valence-corrected chi connectivity index (χ3v) is 2.65. The van der Waals surface area contributed by atoms with Crippen LogP contribution >= 0.6 is 0 Å². The lowest BCUT2D eigenvalue weighted by molar-refractivity contribution is -0.139. The second kappa shape index (κ2) is 7.14. The van der Waals surface area contributed by atoms with Gasteiger partial charge in [-0.05, 0) is 13.0 Å². The Morgan fingerprint density at radius 2 is 2.00 bits per heavy atom. The molecule has 0 aliphatic heterocycles. The van der Waals surface area contributed by atoms with Gasteiger partial charge < -0.3 is 15.4 Å². The first-order chi connectivity index (χ1) is 9.33. The number of benzene rings is 1. The van der Waals surface area contributed by atoms with Crippen LogP contribution in [0, 0.1) is 0 Å². The lowest BCUT2D eigenvalue weighted by atomic mass is 10.2. The molecule has 0 spiro atoms. The van der Waals surface area contributed by atoms with Gasteiger partial charge in [-0.3, -0.25) is 4.79 Å². The predicted molar refractivity (Wildman–Crippen MR) is 68.4 cm³/mol. The minimum absolute atomic E-state index is 0.324. The fourth-order valence-electron chi connectivity index (χ4n) is 1.55. The van der Waals surface area contributed by atoms with Crippen LogP contribution in [-0.2, 0) is 11.3 Å². The standard InChI is InChI=1S/C13H17F3N2O2/c1-9(12(19)18-8-13(14,15)16)17-7-10-5-3-4-6-11(10)20-2/h3-6,9,17H,7-8H2,1-2H3,(H,18,19). The lowest BCUT2D eigenvalue weighted by Crippen LogP contribution is -2.45. The highest BCUT2D eigenvalue weighted by Crippen LogP contribution is 2.17. The highest BCUT2D eigenvalue weighted by atomic mass is 19.4. The van der Waals surface area contributed by atoms with Crippen LogP contribution < -0.4 is 15.4 Å². The molecule has 4 nitrogen and oxygen atoms in total. The van der Waals surface area contributed by atoms with Gasteiger partial charge in [0.15, 0.2) is 0 Å². The molecule has 0 saturated carbocycles. The van der Waals surface area contributed by atoms with Gasteiger partial charge in [0.05, 0.1) is 13.2 Å². The number of carbonyl (C=O) groups excluding carboxylic acids is 1. The van der Waals surface area contributed by atoms with Gasteiger partial charge in [-0.15, -0.1) is 0 Å². The second-order valence-electron chi connectivity index (χ2n) is 4.25. The Morgan fingerprint density at radius 3 is 2.60 bits per heavy atom. The van der Waals surface area contributed by atoms with E-state index in [1.807, 2.05) is 23.5 Å². The Bertz CT molecular complexity index is 449. The molecule has 0 aliphatic rings. The van der Waals surface area contributed by atoms with Crippen LogP contribution in [0.2, 0.25) is 0 Å². The number of para-hydroxylation sites is 1. The summed E-state index contributed by atoms with van der Waals surface area (Å²) in [7, 11) is 1.53. The number of halogens is 3. The van der Waals surface area contributed by atoms with E-state index in [-0.39, 0.29) is 0 Å². The molecule has 112 valence electrons. The number of amides is 1. The number of rotatable bonds is 6. The number of alkyl halides is 3. The summed E-state index contributed by atoms with van der Waals surface area (Å²) >= 11 is 0. The largest absolute Gasteiger partial charge is 0.496 e. The number of hydrogen-bond acceptors (Lipinski definition) is 3. The molecule has 0 aliphatic carbocycles. The van der Waals surface area contributed by atoms with Crippen LogP contribution in [0.3, 0.4) is 0 Å². The van der Waals surface area contributed by atoms with Gasteiger partial charge in [-0.1, -0.05) is 18.2 Å². The summed E-state index contributed by atoms with van der Waals surface area (Å²) in [5, 5.41) is 4.68. The van der Waals surface area contributed by atoms with Crippen molar-refractivity contribution in [3.05, 3.63) is 29.8 Å². The Kier molecular flexibility index (Phi) is 5.82. The van der Waals surface area contributed by atoms with Gasteiger partial charge in [0.2, 0.25) is 5.91 Å². The van der Waals surface area contributed by atoms with Crippen molar-refractivity contribution in [2.24, 2.45) is 0 Å². The fourth-order valence-corrected chi connectivity index (χ4v) is 1.55. The van der Waals surface area contributed by atoms with Gasteiger partial charge in [0.25, 0.3) is 0 Å². The van der Waals surface area contributed by atoms with E-state index in [0.717, 1.165) is 5.56 Å². The summed E-state index contributed by atoms with van der Waals surface area (Å²) < 4.78 is 41.1. The number of nitrogens with one attached hydrogen (secondary N) is 2. The Morgan fingerprint density at radius 1 is 1.35 bits per heavy atom. The van der Waals surface area contributed by atoms with Crippen LogP contribution in [-0.4, -0.2) is 31.8 Å². The molecule has 0 bridgehead atoms. The van der Waals surface area contributed by atoms with Crippen LogP contribution in [0.1, 0.15) is 12.5 Å². The Labute approximate surface area is 115 Å². The van der Waals surface area contributed by atoms with E-state index < -0.39 is 24.7 Å². The maximum atomic E-state index is 12.0. The molecular weight excluding hydrogens is 273 g/mol. The van der Waals surface area contributed by atoms with Gasteiger partial charge in [0, 0.05) is 12.1 Å². The SMILES string of the molecule is COc1ccccc1CNC(C)C(=O)NCC(F)(F)F. The summed E-state index contributed by atoms with van der Waals surface area (Å²) in [6.45, 7) is 0.498. The molecule has 0 radical (unpaired) electrons. The fraction of sp³-hybridized carbons (Fsp3) is 0.462. The zero-order chi connectivity index (χ0) is 15.2. The molecule has 1 aromatic carbocycles. The maximum absolute atomic E-state index is 12.0. The minimum Gasteiger partial charge on any atom is -0.496 e. The summed E-state index contributed by atoms with van der Waals surface area (Å²) in [5.41, 5.74) is 0.825. The van der Waals surface area contributed by atoms with Crippen molar-refractivity contribution in [1.29, 1.82) is 0 Å². The van der Waals surface area contributed by atoms with E-state index in [4.69, 9.17) is 4.74 Å². The van der Waals surface area contributed by atoms with Crippen LogP contribution in [0.5, 0.6) is 5.75 Å². The summed E-state index contributed by atoms with van der Waals surface area (Å²) in [6, 6.07) is 6.47. The molecule has 2 N–H and O–H groups in total. The zero-order valence-electron chi connectivity index (χ0n) is 11.3. The van der Waals surface area contributed by atoms with Crippen molar-refractivity contribution in [2.75, 3.05) is 13.7 Å². The van der Waals surface area contributed by atoms with Crippen LogP contribution in [0.25, 0.3) is 0 Å². The first kappa shape index (κ1) is 16.3. The first-order valence-corrected chi connectivity index (χ1v) is 6.03. The van der Waals surface area contributed by atoms with Crippen molar-refractivity contribution in [2.45, 2.75) is 25.7 Å². The van der Waals surface area contributed by atoms with E-state index in [9.17, 15) is 18.0 Å². The highest BCUT2D eigenvalue weighted by molar-refractivity contribution is 5.81. The molecule has 1 rings (SSSR count). The second-order valence-corrected chi connectivity index (χ2v) is 4.25. The molecule has 1 amide bonds.